The molecule has 2 aromatic rings. The first-order valence-corrected chi connectivity index (χ1v) is 5.64. The molecule has 1 aromatic heterocycles. The standard InChI is InChI=1S/C14H14N2O2/c1-10-2-7-13(15-8-10)16-9-11-3-5-12(6-4-11)14(17)18/h2-8H,9H2,1H3,(H,15,16)(H,17,18). The predicted molar refractivity (Wildman–Crippen MR) is 69.7 cm³/mol. The first-order chi connectivity index (χ1) is 8.65. The second kappa shape index (κ2) is 5.31. The second-order valence-corrected chi connectivity index (χ2v) is 4.08. The van der Waals surface area contributed by atoms with Crippen LogP contribution in [0.15, 0.2) is 42.6 Å². The predicted octanol–water partition coefficient (Wildman–Crippen LogP) is 2.70. The third-order valence-electron chi connectivity index (χ3n) is 2.59. The number of aromatic carboxylic acids is 1. The van der Waals surface area contributed by atoms with Crippen molar-refractivity contribution in [2.24, 2.45) is 0 Å². The minimum Gasteiger partial charge on any atom is -0.478 e. The van der Waals surface area contributed by atoms with E-state index in [1.807, 2.05) is 19.1 Å². The summed E-state index contributed by atoms with van der Waals surface area (Å²) >= 11 is 0. The van der Waals surface area contributed by atoms with E-state index < -0.39 is 5.97 Å². The van der Waals surface area contributed by atoms with Crippen molar-refractivity contribution in [3.05, 3.63) is 59.3 Å². The zero-order valence-corrected chi connectivity index (χ0v) is 10.1. The molecule has 18 heavy (non-hydrogen) atoms. The van der Waals surface area contributed by atoms with Gasteiger partial charge in [0.2, 0.25) is 0 Å². The molecule has 0 saturated heterocycles. The monoisotopic (exact) mass is 242 g/mol. The Kier molecular flexibility index (Phi) is 3.57. The smallest absolute Gasteiger partial charge is 0.335 e. The van der Waals surface area contributed by atoms with Gasteiger partial charge >= 0.3 is 5.97 Å². The zero-order chi connectivity index (χ0) is 13.0. The number of aromatic nitrogens is 1. The van der Waals surface area contributed by atoms with Crippen LogP contribution in [0.3, 0.4) is 0 Å². The van der Waals surface area contributed by atoms with Gasteiger partial charge in [0.15, 0.2) is 0 Å². The van der Waals surface area contributed by atoms with E-state index in [-0.39, 0.29) is 0 Å². The summed E-state index contributed by atoms with van der Waals surface area (Å²) in [6, 6.07) is 10.7. The molecule has 0 saturated carbocycles. The van der Waals surface area contributed by atoms with Crippen molar-refractivity contribution in [3.8, 4) is 0 Å². The number of benzene rings is 1. The molecule has 0 fully saturated rings. The van der Waals surface area contributed by atoms with Gasteiger partial charge in [-0.1, -0.05) is 18.2 Å². The van der Waals surface area contributed by atoms with E-state index in [1.165, 1.54) is 0 Å². The largest absolute Gasteiger partial charge is 0.478 e. The van der Waals surface area contributed by atoms with Crippen molar-refractivity contribution in [2.75, 3.05) is 5.32 Å². The number of carbonyl (C=O) groups is 1. The number of hydrogen-bond donors (Lipinski definition) is 2. The molecular weight excluding hydrogens is 228 g/mol. The number of anilines is 1. The maximum atomic E-state index is 10.7. The Hall–Kier alpha value is -2.36. The number of rotatable bonds is 4. The Labute approximate surface area is 105 Å². The topological polar surface area (TPSA) is 62.2 Å². The Bertz CT molecular complexity index is 533. The summed E-state index contributed by atoms with van der Waals surface area (Å²) in [7, 11) is 0. The van der Waals surface area contributed by atoms with Gasteiger partial charge in [-0.25, -0.2) is 9.78 Å². The maximum absolute atomic E-state index is 10.7. The molecular formula is C14H14N2O2. The highest BCUT2D eigenvalue weighted by Crippen LogP contribution is 2.08. The van der Waals surface area contributed by atoms with Crippen molar-refractivity contribution in [1.29, 1.82) is 0 Å². The normalized spacial score (nSPS) is 10.1. The number of hydrogen-bond acceptors (Lipinski definition) is 3. The van der Waals surface area contributed by atoms with Crippen LogP contribution >= 0.6 is 0 Å². The van der Waals surface area contributed by atoms with Gasteiger partial charge in [-0.15, -0.1) is 0 Å². The lowest BCUT2D eigenvalue weighted by molar-refractivity contribution is 0.0697. The molecule has 0 aliphatic rings. The second-order valence-electron chi connectivity index (χ2n) is 4.08. The van der Waals surface area contributed by atoms with Crippen LogP contribution in [0.25, 0.3) is 0 Å². The Balaban J connectivity index is 1.97. The highest BCUT2D eigenvalue weighted by atomic mass is 16.4. The lowest BCUT2D eigenvalue weighted by Gasteiger charge is -2.06. The van der Waals surface area contributed by atoms with Crippen molar-refractivity contribution in [1.82, 2.24) is 4.98 Å². The summed E-state index contributed by atoms with van der Waals surface area (Å²) in [6.07, 6.45) is 1.80. The van der Waals surface area contributed by atoms with Gasteiger partial charge in [-0.3, -0.25) is 0 Å². The molecule has 1 aromatic carbocycles. The molecule has 2 N–H and O–H groups in total. The molecule has 0 unspecified atom stereocenters. The molecule has 4 nitrogen and oxygen atoms in total. The van der Waals surface area contributed by atoms with Crippen LogP contribution in [0, 0.1) is 6.92 Å². The van der Waals surface area contributed by atoms with Crippen LogP contribution in [-0.4, -0.2) is 16.1 Å². The maximum Gasteiger partial charge on any atom is 0.335 e. The summed E-state index contributed by atoms with van der Waals surface area (Å²) in [4.78, 5) is 14.9. The third-order valence-corrected chi connectivity index (χ3v) is 2.59. The van der Waals surface area contributed by atoms with Crippen molar-refractivity contribution < 1.29 is 9.90 Å². The lowest BCUT2D eigenvalue weighted by Crippen LogP contribution is -2.02. The van der Waals surface area contributed by atoms with Gasteiger partial charge in [0.25, 0.3) is 0 Å². The van der Waals surface area contributed by atoms with Crippen molar-refractivity contribution in [3.63, 3.8) is 0 Å². The van der Waals surface area contributed by atoms with Crippen LogP contribution < -0.4 is 5.32 Å². The SMILES string of the molecule is Cc1ccc(NCc2ccc(C(=O)O)cc2)nc1. The fraction of sp³-hybridized carbons (Fsp3) is 0.143. The number of carboxylic acid groups (broad SMARTS) is 1. The van der Waals surface area contributed by atoms with E-state index in [0.717, 1.165) is 16.9 Å². The van der Waals surface area contributed by atoms with Crippen molar-refractivity contribution >= 4 is 11.8 Å². The Morgan fingerprint density at radius 3 is 2.50 bits per heavy atom. The van der Waals surface area contributed by atoms with E-state index in [0.29, 0.717) is 12.1 Å². The fourth-order valence-electron chi connectivity index (χ4n) is 1.53. The Morgan fingerprint density at radius 1 is 1.22 bits per heavy atom. The lowest BCUT2D eigenvalue weighted by atomic mass is 10.1. The van der Waals surface area contributed by atoms with Gasteiger partial charge < -0.3 is 10.4 Å². The summed E-state index contributed by atoms with van der Waals surface area (Å²) in [5.74, 6) is -0.0994. The van der Waals surface area contributed by atoms with Crippen LogP contribution in [0.2, 0.25) is 0 Å². The van der Waals surface area contributed by atoms with E-state index in [4.69, 9.17) is 5.11 Å². The number of carboxylic acids is 1. The zero-order valence-electron chi connectivity index (χ0n) is 10.1. The van der Waals surface area contributed by atoms with Gasteiger partial charge in [0.05, 0.1) is 5.56 Å². The highest BCUT2D eigenvalue weighted by molar-refractivity contribution is 5.87. The minimum absolute atomic E-state index is 0.298. The van der Waals surface area contributed by atoms with E-state index in [1.54, 1.807) is 30.5 Å². The Morgan fingerprint density at radius 2 is 1.94 bits per heavy atom. The molecule has 0 bridgehead atoms. The molecule has 4 heteroatoms. The molecule has 92 valence electrons. The van der Waals surface area contributed by atoms with Gasteiger partial charge in [0, 0.05) is 12.7 Å². The molecule has 0 aliphatic carbocycles. The average Bonchev–Trinajstić information content (AvgIpc) is 2.38. The van der Waals surface area contributed by atoms with Crippen LogP contribution in [0.4, 0.5) is 5.82 Å². The molecule has 2 rings (SSSR count). The number of pyridine rings is 1. The van der Waals surface area contributed by atoms with Crippen LogP contribution in [0.1, 0.15) is 21.5 Å². The molecule has 0 radical (unpaired) electrons. The summed E-state index contributed by atoms with van der Waals surface area (Å²) in [5.41, 5.74) is 2.43. The summed E-state index contributed by atoms with van der Waals surface area (Å²) in [5, 5.41) is 12.0. The minimum atomic E-state index is -0.908. The van der Waals surface area contributed by atoms with Crippen molar-refractivity contribution in [2.45, 2.75) is 13.5 Å². The molecule has 0 spiro atoms. The van der Waals surface area contributed by atoms with Crippen LogP contribution in [-0.2, 0) is 6.54 Å². The number of nitrogens with one attached hydrogen (secondary N) is 1. The molecule has 0 amide bonds. The van der Waals surface area contributed by atoms with E-state index >= 15 is 0 Å². The summed E-state index contributed by atoms with van der Waals surface area (Å²) in [6.45, 7) is 2.61. The van der Waals surface area contributed by atoms with E-state index in [9.17, 15) is 4.79 Å². The molecule has 0 aliphatic heterocycles. The number of nitrogens with zero attached hydrogens (tertiary/aromatic N) is 1. The van der Waals surface area contributed by atoms with E-state index in [2.05, 4.69) is 10.3 Å². The van der Waals surface area contributed by atoms with Gasteiger partial charge in [0.1, 0.15) is 5.82 Å². The van der Waals surface area contributed by atoms with Gasteiger partial charge in [-0.05, 0) is 36.2 Å². The van der Waals surface area contributed by atoms with Crippen LogP contribution in [0.5, 0.6) is 0 Å². The third kappa shape index (κ3) is 3.07. The fourth-order valence-corrected chi connectivity index (χ4v) is 1.53. The average molecular weight is 242 g/mol. The number of aryl methyl sites for hydroxylation is 1. The highest BCUT2D eigenvalue weighted by Gasteiger charge is 2.01. The first kappa shape index (κ1) is 12.1. The first-order valence-electron chi connectivity index (χ1n) is 5.64. The molecule has 0 atom stereocenters. The van der Waals surface area contributed by atoms with Gasteiger partial charge in [-0.2, -0.15) is 0 Å². The molecule has 1 heterocycles. The quantitative estimate of drug-likeness (QED) is 0.865. The summed E-state index contributed by atoms with van der Waals surface area (Å²) < 4.78 is 0.